The molecule has 0 aromatic heterocycles. The van der Waals surface area contributed by atoms with Crippen molar-refractivity contribution in [2.45, 2.75) is 188 Å². The molecular weight excluding hydrogens is 585 g/mol. The largest absolute Gasteiger partial charge is 0.410 e. The molecule has 0 bridgehead atoms. The van der Waals surface area contributed by atoms with Crippen molar-refractivity contribution in [3.63, 3.8) is 0 Å². The Hall–Kier alpha value is -0.466. The van der Waals surface area contributed by atoms with Gasteiger partial charge in [-0.1, -0.05) is 98.6 Å². The molecule has 0 aromatic rings. The van der Waals surface area contributed by atoms with Gasteiger partial charge in [-0.15, -0.1) is 0 Å². The third kappa shape index (κ3) is 8.96. The average Bonchev–Trinajstić information content (AvgIpc) is 3.23. The van der Waals surface area contributed by atoms with E-state index in [4.69, 9.17) is 8.85 Å². The Morgan fingerprint density at radius 1 is 0.911 bits per heavy atom. The highest BCUT2D eigenvalue weighted by molar-refractivity contribution is 6.74. The molecule has 0 unspecified atom stereocenters. The summed E-state index contributed by atoms with van der Waals surface area (Å²) >= 11 is 0. The van der Waals surface area contributed by atoms with Gasteiger partial charge in [-0.05, 0) is 136 Å². The van der Waals surface area contributed by atoms with E-state index in [1.165, 1.54) is 37.7 Å². The molecule has 0 spiro atoms. The molecule has 3 nitrogen and oxygen atoms in total. The highest BCUT2D eigenvalue weighted by atomic mass is 28.4. The summed E-state index contributed by atoms with van der Waals surface area (Å²) in [4.78, 5) is 0. The van der Waals surface area contributed by atoms with Crippen LogP contribution in [-0.2, 0) is 8.85 Å². The van der Waals surface area contributed by atoms with Gasteiger partial charge in [0, 0.05) is 0 Å². The first-order chi connectivity index (χ1) is 20.3. The van der Waals surface area contributed by atoms with Gasteiger partial charge >= 0.3 is 0 Å². The molecule has 3 saturated carbocycles. The Balaban J connectivity index is 1.91. The Morgan fingerprint density at radius 2 is 1.42 bits per heavy atom. The Labute approximate surface area is 282 Å². The SMILES string of the molecule is C=C1[C@H](O[Si](C)(C)C(C)(C)C)CC(=C/C=C2\CCC[C@]3(C)[C@@H]([C@H](C)[C@@H](CC)CC(C)(C)O)CC[C@@H]23)C[C@H]1O[Si](C)(C)C(C)(C)C. The zero-order chi connectivity index (χ0) is 34.4. The summed E-state index contributed by atoms with van der Waals surface area (Å²) in [5.74, 6) is 2.62. The van der Waals surface area contributed by atoms with Crippen molar-refractivity contribution >= 4 is 16.6 Å². The summed E-state index contributed by atoms with van der Waals surface area (Å²) < 4.78 is 14.2. The average molecular weight is 659 g/mol. The van der Waals surface area contributed by atoms with Gasteiger partial charge in [0.1, 0.15) is 0 Å². The van der Waals surface area contributed by atoms with Crippen LogP contribution in [0.5, 0.6) is 0 Å². The Morgan fingerprint density at radius 3 is 1.87 bits per heavy atom. The second kappa shape index (κ2) is 13.8. The van der Waals surface area contributed by atoms with Gasteiger partial charge < -0.3 is 14.0 Å². The van der Waals surface area contributed by atoms with Crippen LogP contribution in [0.3, 0.4) is 0 Å². The van der Waals surface area contributed by atoms with Gasteiger partial charge in [0.2, 0.25) is 0 Å². The van der Waals surface area contributed by atoms with Crippen LogP contribution in [0.2, 0.25) is 36.3 Å². The molecule has 3 aliphatic carbocycles. The highest BCUT2D eigenvalue weighted by Gasteiger charge is 2.52. The molecule has 0 radical (unpaired) electrons. The van der Waals surface area contributed by atoms with Gasteiger partial charge in [0.15, 0.2) is 16.6 Å². The molecule has 3 aliphatic rings. The van der Waals surface area contributed by atoms with E-state index in [9.17, 15) is 5.11 Å². The van der Waals surface area contributed by atoms with Crippen LogP contribution in [0, 0.1) is 29.1 Å². The van der Waals surface area contributed by atoms with Crippen LogP contribution in [0.4, 0.5) is 0 Å². The second-order valence-corrected chi connectivity index (χ2v) is 28.9. The van der Waals surface area contributed by atoms with E-state index >= 15 is 0 Å². The van der Waals surface area contributed by atoms with Crippen molar-refractivity contribution in [3.05, 3.63) is 35.5 Å². The van der Waals surface area contributed by atoms with Crippen molar-refractivity contribution in [1.82, 2.24) is 0 Å². The summed E-state index contributed by atoms with van der Waals surface area (Å²) in [5.41, 5.74) is 4.06. The van der Waals surface area contributed by atoms with Crippen LogP contribution < -0.4 is 0 Å². The van der Waals surface area contributed by atoms with Gasteiger partial charge in [-0.3, -0.25) is 0 Å². The van der Waals surface area contributed by atoms with Crippen LogP contribution in [0.15, 0.2) is 35.5 Å². The number of rotatable bonds is 10. The maximum Gasteiger partial charge on any atom is 0.192 e. The normalized spacial score (nSPS) is 31.2. The predicted octanol–water partition coefficient (Wildman–Crippen LogP) is 12.0. The lowest BCUT2D eigenvalue weighted by Gasteiger charge is -2.46. The minimum Gasteiger partial charge on any atom is -0.410 e. The van der Waals surface area contributed by atoms with Gasteiger partial charge in [0.25, 0.3) is 0 Å². The molecule has 5 heteroatoms. The summed E-state index contributed by atoms with van der Waals surface area (Å²) in [6.45, 7) is 39.5. The lowest BCUT2D eigenvalue weighted by molar-refractivity contribution is 0.0137. The Bertz CT molecular complexity index is 1050. The zero-order valence-corrected chi connectivity index (χ0v) is 34.5. The molecule has 260 valence electrons. The predicted molar refractivity (Wildman–Crippen MR) is 201 cm³/mol. The molecule has 0 aliphatic heterocycles. The van der Waals surface area contributed by atoms with E-state index in [-0.39, 0.29) is 22.3 Å². The van der Waals surface area contributed by atoms with Crippen LogP contribution in [0.25, 0.3) is 0 Å². The van der Waals surface area contributed by atoms with Crippen molar-refractivity contribution in [2.75, 3.05) is 0 Å². The van der Waals surface area contributed by atoms with E-state index in [0.717, 1.165) is 37.2 Å². The lowest BCUT2D eigenvalue weighted by Crippen LogP contribution is -2.49. The minimum atomic E-state index is -1.98. The van der Waals surface area contributed by atoms with Crippen molar-refractivity contribution in [1.29, 1.82) is 0 Å². The number of allylic oxidation sites excluding steroid dienone is 3. The van der Waals surface area contributed by atoms with Crippen LogP contribution in [-0.4, -0.2) is 39.6 Å². The highest BCUT2D eigenvalue weighted by Crippen LogP contribution is 2.60. The van der Waals surface area contributed by atoms with Crippen molar-refractivity contribution < 1.29 is 14.0 Å². The van der Waals surface area contributed by atoms with E-state index in [0.29, 0.717) is 23.2 Å². The van der Waals surface area contributed by atoms with Gasteiger partial charge in [-0.2, -0.15) is 0 Å². The third-order valence-electron chi connectivity index (χ3n) is 13.4. The second-order valence-electron chi connectivity index (χ2n) is 19.4. The molecule has 45 heavy (non-hydrogen) atoms. The van der Waals surface area contributed by atoms with E-state index < -0.39 is 22.2 Å². The monoisotopic (exact) mass is 659 g/mol. The first-order valence-electron chi connectivity index (χ1n) is 18.5. The van der Waals surface area contributed by atoms with E-state index in [1.807, 2.05) is 13.8 Å². The fourth-order valence-electron chi connectivity index (χ4n) is 8.51. The van der Waals surface area contributed by atoms with E-state index in [2.05, 4.69) is 107 Å². The summed E-state index contributed by atoms with van der Waals surface area (Å²) in [6.07, 6.45) is 15.5. The number of hydrogen-bond acceptors (Lipinski definition) is 3. The fourth-order valence-corrected chi connectivity index (χ4v) is 11.1. The Kier molecular flexibility index (Phi) is 12.0. The summed E-state index contributed by atoms with van der Waals surface area (Å²) in [6, 6.07) is 0. The van der Waals surface area contributed by atoms with Gasteiger partial charge in [0.05, 0.1) is 17.8 Å². The van der Waals surface area contributed by atoms with Gasteiger partial charge in [-0.25, -0.2) is 0 Å². The van der Waals surface area contributed by atoms with Crippen LogP contribution in [0.1, 0.15) is 134 Å². The standard InChI is InChI=1S/C40H74O3Si2/c1-17-31(27-39(10,11)41)28(2)33-22-23-34-32(19-18-24-40(33,34)12)21-20-30-25-35(42-44(13,14)37(4,5)6)29(3)36(26-30)43-45(15,16)38(7,8)9/h20-21,28,31,33-36,41H,3,17-19,22-27H2,1-2,4-16H3/b32-21+/t28-,31+,33-,34+,35-,36-,40-/m1/s1. The molecule has 3 rings (SSSR count). The summed E-state index contributed by atoms with van der Waals surface area (Å²) in [5, 5.41) is 11.0. The van der Waals surface area contributed by atoms with E-state index in [1.54, 1.807) is 5.57 Å². The van der Waals surface area contributed by atoms with Crippen LogP contribution >= 0.6 is 0 Å². The fraction of sp³-hybridized carbons (Fsp3) is 0.850. The first-order valence-corrected chi connectivity index (χ1v) is 24.3. The molecule has 3 fully saturated rings. The molecule has 7 atom stereocenters. The minimum absolute atomic E-state index is 0.0224. The first kappa shape index (κ1) is 39.0. The number of hydrogen-bond donors (Lipinski definition) is 1. The third-order valence-corrected chi connectivity index (χ3v) is 22.4. The summed E-state index contributed by atoms with van der Waals surface area (Å²) in [7, 11) is -3.96. The van der Waals surface area contributed by atoms with Crippen molar-refractivity contribution in [3.8, 4) is 0 Å². The number of fused-ring (bicyclic) bond motifs is 1. The molecule has 0 heterocycles. The maximum atomic E-state index is 10.7. The van der Waals surface area contributed by atoms with Crippen molar-refractivity contribution in [2.24, 2.45) is 29.1 Å². The number of aliphatic hydroxyl groups is 1. The molecule has 0 aromatic carbocycles. The maximum absolute atomic E-state index is 10.7. The topological polar surface area (TPSA) is 38.7 Å². The molecule has 0 amide bonds. The zero-order valence-electron chi connectivity index (χ0n) is 32.5. The molecule has 1 N–H and O–H groups in total. The smallest absolute Gasteiger partial charge is 0.192 e. The molecular formula is C40H74O3Si2. The lowest BCUT2D eigenvalue weighted by atomic mass is 9.59. The quantitative estimate of drug-likeness (QED) is 0.187. The molecule has 0 saturated heterocycles.